The molecule has 1 aromatic rings. The van der Waals surface area contributed by atoms with Crippen molar-refractivity contribution in [1.29, 1.82) is 0 Å². The summed E-state index contributed by atoms with van der Waals surface area (Å²) in [7, 11) is 0. The SMILES string of the molecule is CC(C)(C)NCCOCCc1cc(Cl)c(Br)cc1F. The summed E-state index contributed by atoms with van der Waals surface area (Å²) in [6, 6.07) is 3.02. The van der Waals surface area contributed by atoms with Crippen molar-refractivity contribution in [3.63, 3.8) is 0 Å². The van der Waals surface area contributed by atoms with Crippen LogP contribution in [0.25, 0.3) is 0 Å². The van der Waals surface area contributed by atoms with Crippen molar-refractivity contribution < 1.29 is 9.13 Å². The van der Waals surface area contributed by atoms with Gasteiger partial charge in [-0.05, 0) is 60.8 Å². The average molecular weight is 353 g/mol. The molecule has 0 aliphatic rings. The minimum absolute atomic E-state index is 0.0920. The molecule has 108 valence electrons. The monoisotopic (exact) mass is 351 g/mol. The second-order valence-corrected chi connectivity index (χ2v) is 6.66. The molecule has 0 radical (unpaired) electrons. The molecular weight excluding hydrogens is 333 g/mol. The molecule has 0 aliphatic carbocycles. The molecule has 1 rings (SSSR count). The molecule has 0 spiro atoms. The molecular formula is C14H20BrClFNO. The van der Waals surface area contributed by atoms with Gasteiger partial charge >= 0.3 is 0 Å². The third kappa shape index (κ3) is 6.70. The fourth-order valence-electron chi connectivity index (χ4n) is 1.54. The van der Waals surface area contributed by atoms with Crippen LogP contribution in [0.2, 0.25) is 5.02 Å². The van der Waals surface area contributed by atoms with E-state index in [1.165, 1.54) is 6.07 Å². The Morgan fingerprint density at radius 3 is 2.63 bits per heavy atom. The zero-order valence-electron chi connectivity index (χ0n) is 11.5. The summed E-state index contributed by atoms with van der Waals surface area (Å²) >= 11 is 9.12. The van der Waals surface area contributed by atoms with Crippen molar-refractivity contribution in [2.45, 2.75) is 32.7 Å². The lowest BCUT2D eigenvalue weighted by Gasteiger charge is -2.20. The van der Waals surface area contributed by atoms with Crippen LogP contribution in [0.4, 0.5) is 4.39 Å². The van der Waals surface area contributed by atoms with Crippen molar-refractivity contribution in [2.75, 3.05) is 19.8 Å². The molecule has 0 bridgehead atoms. The van der Waals surface area contributed by atoms with Gasteiger partial charge in [0.2, 0.25) is 0 Å². The van der Waals surface area contributed by atoms with Gasteiger partial charge in [-0.25, -0.2) is 4.39 Å². The molecule has 0 amide bonds. The lowest BCUT2D eigenvalue weighted by Crippen LogP contribution is -2.38. The van der Waals surface area contributed by atoms with Gasteiger partial charge in [-0.3, -0.25) is 0 Å². The molecule has 0 saturated carbocycles. The molecule has 2 nitrogen and oxygen atoms in total. The molecule has 19 heavy (non-hydrogen) atoms. The third-order valence-electron chi connectivity index (χ3n) is 2.51. The van der Waals surface area contributed by atoms with Gasteiger partial charge in [-0.2, -0.15) is 0 Å². The van der Waals surface area contributed by atoms with Gasteiger partial charge < -0.3 is 10.1 Å². The van der Waals surface area contributed by atoms with Gasteiger partial charge in [-0.1, -0.05) is 11.6 Å². The maximum atomic E-state index is 13.6. The Hall–Kier alpha value is -0.160. The summed E-state index contributed by atoms with van der Waals surface area (Å²) in [5.41, 5.74) is 0.673. The Bertz CT molecular complexity index is 421. The highest BCUT2D eigenvalue weighted by atomic mass is 79.9. The Balaban J connectivity index is 2.28. The van der Waals surface area contributed by atoms with Crippen molar-refractivity contribution >= 4 is 27.5 Å². The summed E-state index contributed by atoms with van der Waals surface area (Å²) in [6.07, 6.45) is 0.522. The van der Waals surface area contributed by atoms with Crippen LogP contribution in [0, 0.1) is 5.82 Å². The Morgan fingerprint density at radius 1 is 1.32 bits per heavy atom. The molecule has 1 N–H and O–H groups in total. The van der Waals surface area contributed by atoms with Gasteiger partial charge in [-0.15, -0.1) is 0 Å². The third-order valence-corrected chi connectivity index (χ3v) is 3.70. The van der Waals surface area contributed by atoms with Crippen LogP contribution in [-0.2, 0) is 11.2 Å². The topological polar surface area (TPSA) is 21.3 Å². The van der Waals surface area contributed by atoms with E-state index in [4.69, 9.17) is 16.3 Å². The molecule has 5 heteroatoms. The molecule has 0 heterocycles. The lowest BCUT2D eigenvalue weighted by molar-refractivity contribution is 0.133. The van der Waals surface area contributed by atoms with Crippen LogP contribution in [0.15, 0.2) is 16.6 Å². The molecule has 0 aromatic heterocycles. The second kappa shape index (κ2) is 7.58. The van der Waals surface area contributed by atoms with Gasteiger partial charge in [0.15, 0.2) is 0 Å². The highest BCUT2D eigenvalue weighted by molar-refractivity contribution is 9.10. The van der Waals surface area contributed by atoms with E-state index in [0.717, 1.165) is 6.54 Å². The first-order chi connectivity index (χ1) is 8.79. The van der Waals surface area contributed by atoms with Crippen molar-refractivity contribution in [3.05, 3.63) is 33.0 Å². The fourth-order valence-corrected chi connectivity index (χ4v) is 2.04. The largest absolute Gasteiger partial charge is 0.380 e. The minimum Gasteiger partial charge on any atom is -0.380 e. The first-order valence-corrected chi connectivity index (χ1v) is 7.43. The predicted molar refractivity (Wildman–Crippen MR) is 81.4 cm³/mol. The van der Waals surface area contributed by atoms with E-state index in [9.17, 15) is 4.39 Å². The molecule has 0 fully saturated rings. The number of halogens is 3. The number of nitrogens with one attached hydrogen (secondary N) is 1. The maximum Gasteiger partial charge on any atom is 0.127 e. The van der Waals surface area contributed by atoms with Crippen LogP contribution in [0.5, 0.6) is 0 Å². The standard InChI is InChI=1S/C14H20BrClFNO/c1-14(2,3)18-5-7-19-6-4-10-8-12(16)11(15)9-13(10)17/h8-9,18H,4-7H2,1-3H3. The number of hydrogen-bond donors (Lipinski definition) is 1. The van der Waals surface area contributed by atoms with E-state index in [2.05, 4.69) is 42.0 Å². The van der Waals surface area contributed by atoms with Crippen LogP contribution >= 0.6 is 27.5 Å². The Kier molecular flexibility index (Phi) is 6.74. The summed E-state index contributed by atoms with van der Waals surface area (Å²) in [5, 5.41) is 3.84. The maximum absolute atomic E-state index is 13.6. The highest BCUT2D eigenvalue weighted by Crippen LogP contribution is 2.25. The van der Waals surface area contributed by atoms with E-state index in [1.807, 2.05) is 0 Å². The minimum atomic E-state index is -0.257. The zero-order valence-corrected chi connectivity index (χ0v) is 13.9. The van der Waals surface area contributed by atoms with Crippen molar-refractivity contribution in [2.24, 2.45) is 0 Å². The molecule has 0 saturated heterocycles. The van der Waals surface area contributed by atoms with E-state index in [0.29, 0.717) is 34.7 Å². The number of hydrogen-bond acceptors (Lipinski definition) is 2. The quantitative estimate of drug-likeness (QED) is 0.612. The van der Waals surface area contributed by atoms with Gasteiger partial charge in [0.05, 0.1) is 18.2 Å². The van der Waals surface area contributed by atoms with E-state index in [1.54, 1.807) is 6.07 Å². The first-order valence-electron chi connectivity index (χ1n) is 6.26. The van der Waals surface area contributed by atoms with Gasteiger partial charge in [0, 0.05) is 16.6 Å². The average Bonchev–Trinajstić information content (AvgIpc) is 2.28. The van der Waals surface area contributed by atoms with Crippen LogP contribution in [0.3, 0.4) is 0 Å². The molecule has 1 aromatic carbocycles. The van der Waals surface area contributed by atoms with E-state index < -0.39 is 0 Å². The summed E-state index contributed by atoms with van der Waals surface area (Å²) < 4.78 is 19.7. The van der Waals surface area contributed by atoms with Gasteiger partial charge in [0.1, 0.15) is 5.82 Å². The van der Waals surface area contributed by atoms with E-state index in [-0.39, 0.29) is 11.4 Å². The van der Waals surface area contributed by atoms with Crippen molar-refractivity contribution in [3.8, 4) is 0 Å². The number of ether oxygens (including phenoxy) is 1. The van der Waals surface area contributed by atoms with Gasteiger partial charge in [0.25, 0.3) is 0 Å². The molecule has 0 atom stereocenters. The summed E-state index contributed by atoms with van der Waals surface area (Å²) in [6.45, 7) is 8.20. The van der Waals surface area contributed by atoms with Crippen LogP contribution < -0.4 is 5.32 Å². The number of benzene rings is 1. The smallest absolute Gasteiger partial charge is 0.127 e. The summed E-state index contributed by atoms with van der Waals surface area (Å²) in [4.78, 5) is 0. The molecule has 0 unspecified atom stereocenters. The number of rotatable bonds is 6. The zero-order chi connectivity index (χ0) is 14.5. The fraction of sp³-hybridized carbons (Fsp3) is 0.571. The first kappa shape index (κ1) is 16.9. The highest BCUT2D eigenvalue weighted by Gasteiger charge is 2.08. The Morgan fingerprint density at radius 2 is 2.00 bits per heavy atom. The van der Waals surface area contributed by atoms with Crippen LogP contribution in [0.1, 0.15) is 26.3 Å². The predicted octanol–water partition coefficient (Wildman–Crippen LogP) is 4.19. The normalized spacial score (nSPS) is 11.9. The lowest BCUT2D eigenvalue weighted by atomic mass is 10.1. The molecule has 0 aliphatic heterocycles. The Labute approximate surface area is 127 Å². The van der Waals surface area contributed by atoms with Crippen LogP contribution in [-0.4, -0.2) is 25.3 Å². The summed E-state index contributed by atoms with van der Waals surface area (Å²) in [5.74, 6) is -0.257. The van der Waals surface area contributed by atoms with Crippen molar-refractivity contribution in [1.82, 2.24) is 5.32 Å². The second-order valence-electron chi connectivity index (χ2n) is 5.40. The van der Waals surface area contributed by atoms with E-state index >= 15 is 0 Å².